The van der Waals surface area contributed by atoms with Crippen molar-refractivity contribution in [3.05, 3.63) is 58.6 Å². The molecule has 2 aromatic rings. The van der Waals surface area contributed by atoms with Crippen LogP contribution in [-0.4, -0.2) is 24.4 Å². The van der Waals surface area contributed by atoms with Crippen molar-refractivity contribution in [3.8, 4) is 5.75 Å². The Labute approximate surface area is 127 Å². The van der Waals surface area contributed by atoms with E-state index >= 15 is 0 Å². The van der Waals surface area contributed by atoms with Crippen LogP contribution in [0.25, 0.3) is 0 Å². The molecule has 0 saturated heterocycles. The summed E-state index contributed by atoms with van der Waals surface area (Å²) < 4.78 is 6.52. The van der Waals surface area contributed by atoms with Crippen LogP contribution >= 0.6 is 15.9 Å². The van der Waals surface area contributed by atoms with E-state index in [-0.39, 0.29) is 6.61 Å². The molecule has 2 N–H and O–H groups in total. The van der Waals surface area contributed by atoms with Gasteiger partial charge in [0.1, 0.15) is 18.5 Å². The van der Waals surface area contributed by atoms with Crippen LogP contribution in [0.4, 0.5) is 5.69 Å². The topological polar surface area (TPSA) is 41.5 Å². The highest BCUT2D eigenvalue weighted by molar-refractivity contribution is 9.10. The molecule has 2 rings (SSSR count). The number of halogens is 1. The molecule has 0 spiro atoms. The van der Waals surface area contributed by atoms with Crippen LogP contribution in [0, 0.1) is 6.92 Å². The second-order valence-corrected chi connectivity index (χ2v) is 5.49. The van der Waals surface area contributed by atoms with Crippen LogP contribution in [0.1, 0.15) is 5.56 Å². The number of aryl methyl sites for hydroxylation is 1. The van der Waals surface area contributed by atoms with Gasteiger partial charge in [-0.1, -0.05) is 29.8 Å². The second kappa shape index (κ2) is 7.31. The Morgan fingerprint density at radius 2 is 1.85 bits per heavy atom. The molecule has 0 aliphatic rings. The van der Waals surface area contributed by atoms with Gasteiger partial charge in [-0.2, -0.15) is 0 Å². The average molecular weight is 336 g/mol. The van der Waals surface area contributed by atoms with Crippen LogP contribution in [0.5, 0.6) is 5.75 Å². The third-order valence-electron chi connectivity index (χ3n) is 2.87. The number of nitrogens with one attached hydrogen (secondary N) is 1. The summed E-state index contributed by atoms with van der Waals surface area (Å²) in [6.07, 6.45) is -0.566. The number of anilines is 1. The van der Waals surface area contributed by atoms with Crippen LogP contribution in [0.15, 0.2) is 53.0 Å². The molecule has 0 aliphatic carbocycles. The molecule has 4 heteroatoms. The molecule has 0 heterocycles. The highest BCUT2D eigenvalue weighted by atomic mass is 79.9. The average Bonchev–Trinajstić information content (AvgIpc) is 2.46. The molecule has 0 bridgehead atoms. The van der Waals surface area contributed by atoms with Crippen molar-refractivity contribution in [2.24, 2.45) is 0 Å². The molecule has 0 radical (unpaired) electrons. The van der Waals surface area contributed by atoms with Gasteiger partial charge in [-0.25, -0.2) is 0 Å². The second-order valence-electron chi connectivity index (χ2n) is 4.64. The predicted molar refractivity (Wildman–Crippen MR) is 85.3 cm³/mol. The smallest absolute Gasteiger partial charge is 0.119 e. The SMILES string of the molecule is Cc1ccc(OCC(O)CNc2ccccc2Br)cc1. The Balaban J connectivity index is 1.77. The minimum Gasteiger partial charge on any atom is -0.491 e. The van der Waals surface area contributed by atoms with E-state index in [0.29, 0.717) is 6.54 Å². The third kappa shape index (κ3) is 4.54. The lowest BCUT2D eigenvalue weighted by Crippen LogP contribution is -2.26. The molecule has 0 aliphatic heterocycles. The van der Waals surface area contributed by atoms with Crippen molar-refractivity contribution < 1.29 is 9.84 Å². The fourth-order valence-corrected chi connectivity index (χ4v) is 2.14. The lowest BCUT2D eigenvalue weighted by Gasteiger charge is -2.15. The van der Waals surface area contributed by atoms with E-state index in [1.54, 1.807) is 0 Å². The van der Waals surface area contributed by atoms with Gasteiger partial charge in [0, 0.05) is 16.7 Å². The Morgan fingerprint density at radius 3 is 2.55 bits per heavy atom. The summed E-state index contributed by atoms with van der Waals surface area (Å²) in [6.45, 7) is 2.73. The summed E-state index contributed by atoms with van der Waals surface area (Å²) in [7, 11) is 0. The van der Waals surface area contributed by atoms with Crippen molar-refractivity contribution in [3.63, 3.8) is 0 Å². The fraction of sp³-hybridized carbons (Fsp3) is 0.250. The number of hydrogen-bond acceptors (Lipinski definition) is 3. The van der Waals surface area contributed by atoms with Gasteiger partial charge in [-0.05, 0) is 47.1 Å². The molecular weight excluding hydrogens is 318 g/mol. The highest BCUT2D eigenvalue weighted by Gasteiger charge is 2.06. The minimum atomic E-state index is -0.566. The Morgan fingerprint density at radius 1 is 1.15 bits per heavy atom. The van der Waals surface area contributed by atoms with Gasteiger partial charge in [-0.3, -0.25) is 0 Å². The summed E-state index contributed by atoms with van der Waals surface area (Å²) in [5.41, 5.74) is 2.15. The van der Waals surface area contributed by atoms with E-state index in [4.69, 9.17) is 4.74 Å². The van der Waals surface area contributed by atoms with E-state index in [2.05, 4.69) is 21.2 Å². The maximum absolute atomic E-state index is 9.91. The van der Waals surface area contributed by atoms with E-state index in [0.717, 1.165) is 15.9 Å². The highest BCUT2D eigenvalue weighted by Crippen LogP contribution is 2.21. The fourth-order valence-electron chi connectivity index (χ4n) is 1.72. The largest absolute Gasteiger partial charge is 0.491 e. The molecule has 3 nitrogen and oxygen atoms in total. The number of hydrogen-bond donors (Lipinski definition) is 2. The zero-order valence-corrected chi connectivity index (χ0v) is 12.9. The normalized spacial score (nSPS) is 11.9. The van der Waals surface area contributed by atoms with Gasteiger partial charge < -0.3 is 15.2 Å². The lowest BCUT2D eigenvalue weighted by atomic mass is 10.2. The van der Waals surface area contributed by atoms with Gasteiger partial charge in [0.15, 0.2) is 0 Å². The minimum absolute atomic E-state index is 0.264. The van der Waals surface area contributed by atoms with Crippen molar-refractivity contribution >= 4 is 21.6 Å². The molecule has 2 aromatic carbocycles. The summed E-state index contributed by atoms with van der Waals surface area (Å²) in [5, 5.41) is 13.1. The molecule has 106 valence electrons. The van der Waals surface area contributed by atoms with Crippen molar-refractivity contribution in [2.45, 2.75) is 13.0 Å². The first-order valence-corrected chi connectivity index (χ1v) is 7.30. The number of aliphatic hydroxyl groups is 1. The van der Waals surface area contributed by atoms with E-state index < -0.39 is 6.10 Å². The molecular formula is C16H18BrNO2. The predicted octanol–water partition coefficient (Wildman–Crippen LogP) is 3.61. The Kier molecular flexibility index (Phi) is 5.44. The van der Waals surface area contributed by atoms with Crippen LogP contribution in [0.3, 0.4) is 0 Å². The van der Waals surface area contributed by atoms with Crippen molar-refractivity contribution in [1.82, 2.24) is 0 Å². The number of para-hydroxylation sites is 1. The lowest BCUT2D eigenvalue weighted by molar-refractivity contribution is 0.117. The molecule has 1 unspecified atom stereocenters. The molecule has 0 fully saturated rings. The first-order chi connectivity index (χ1) is 9.65. The molecule has 0 saturated carbocycles. The maximum atomic E-state index is 9.91. The third-order valence-corrected chi connectivity index (χ3v) is 3.56. The standard InChI is InChI=1S/C16H18BrNO2/c1-12-6-8-14(9-7-12)20-11-13(19)10-18-16-5-3-2-4-15(16)17/h2-9,13,18-19H,10-11H2,1H3. The van der Waals surface area contributed by atoms with E-state index in [1.165, 1.54) is 5.56 Å². The molecule has 0 aromatic heterocycles. The molecule has 20 heavy (non-hydrogen) atoms. The summed E-state index contributed by atoms with van der Waals surface area (Å²) in [4.78, 5) is 0. The van der Waals surface area contributed by atoms with Gasteiger partial charge in [0.25, 0.3) is 0 Å². The van der Waals surface area contributed by atoms with Gasteiger partial charge in [0.2, 0.25) is 0 Å². The monoisotopic (exact) mass is 335 g/mol. The number of ether oxygens (including phenoxy) is 1. The number of benzene rings is 2. The zero-order valence-electron chi connectivity index (χ0n) is 11.3. The first kappa shape index (κ1) is 14.9. The Hall–Kier alpha value is -1.52. The van der Waals surface area contributed by atoms with Gasteiger partial charge in [-0.15, -0.1) is 0 Å². The van der Waals surface area contributed by atoms with Crippen LogP contribution in [-0.2, 0) is 0 Å². The van der Waals surface area contributed by atoms with Crippen LogP contribution < -0.4 is 10.1 Å². The number of aliphatic hydroxyl groups excluding tert-OH is 1. The quantitative estimate of drug-likeness (QED) is 0.847. The van der Waals surface area contributed by atoms with E-state index in [9.17, 15) is 5.11 Å². The van der Waals surface area contributed by atoms with Gasteiger partial charge in [0.05, 0.1) is 0 Å². The maximum Gasteiger partial charge on any atom is 0.119 e. The van der Waals surface area contributed by atoms with E-state index in [1.807, 2.05) is 55.5 Å². The summed E-state index contributed by atoms with van der Waals surface area (Å²) >= 11 is 3.45. The number of rotatable bonds is 6. The Bertz CT molecular complexity index is 542. The van der Waals surface area contributed by atoms with Crippen molar-refractivity contribution in [1.29, 1.82) is 0 Å². The molecule has 0 amide bonds. The first-order valence-electron chi connectivity index (χ1n) is 6.51. The summed E-state index contributed by atoms with van der Waals surface area (Å²) in [6, 6.07) is 15.6. The van der Waals surface area contributed by atoms with Gasteiger partial charge >= 0.3 is 0 Å². The van der Waals surface area contributed by atoms with Crippen molar-refractivity contribution in [2.75, 3.05) is 18.5 Å². The van der Waals surface area contributed by atoms with Crippen LogP contribution in [0.2, 0.25) is 0 Å². The summed E-state index contributed by atoms with van der Waals surface area (Å²) in [5.74, 6) is 0.774. The zero-order chi connectivity index (χ0) is 14.4. The molecule has 1 atom stereocenters.